The van der Waals surface area contributed by atoms with Gasteiger partial charge in [0.15, 0.2) is 0 Å². The van der Waals surface area contributed by atoms with Gasteiger partial charge in [-0.3, -0.25) is 0 Å². The first-order valence-corrected chi connectivity index (χ1v) is 4.61. The van der Waals surface area contributed by atoms with Crippen LogP contribution in [-0.2, 0) is 0 Å². The first kappa shape index (κ1) is 8.78. The van der Waals surface area contributed by atoms with Crippen molar-refractivity contribution < 1.29 is 0 Å². The third-order valence-electron chi connectivity index (χ3n) is 1.67. The SMILES string of the molecule is C=C(I)c1ccc(C)cc1C. The van der Waals surface area contributed by atoms with Gasteiger partial charge in [-0.05, 0) is 47.6 Å². The van der Waals surface area contributed by atoms with Crippen molar-refractivity contribution in [3.8, 4) is 0 Å². The van der Waals surface area contributed by atoms with Gasteiger partial charge in [0.2, 0.25) is 0 Å². The Morgan fingerprint density at radius 3 is 2.45 bits per heavy atom. The van der Waals surface area contributed by atoms with Gasteiger partial charge in [-0.1, -0.05) is 30.3 Å². The molecule has 1 aromatic carbocycles. The highest BCUT2D eigenvalue weighted by atomic mass is 127. The summed E-state index contributed by atoms with van der Waals surface area (Å²) in [6.07, 6.45) is 0. The molecule has 0 amide bonds. The second-order valence-corrected chi connectivity index (χ2v) is 4.03. The Kier molecular flexibility index (Phi) is 2.71. The monoisotopic (exact) mass is 258 g/mol. The van der Waals surface area contributed by atoms with Crippen molar-refractivity contribution in [2.24, 2.45) is 0 Å². The second kappa shape index (κ2) is 3.39. The lowest BCUT2D eigenvalue weighted by atomic mass is 10.1. The topological polar surface area (TPSA) is 0 Å². The summed E-state index contributed by atoms with van der Waals surface area (Å²) in [5.74, 6) is 0. The zero-order chi connectivity index (χ0) is 8.43. The number of rotatable bonds is 1. The fraction of sp³-hybridized carbons (Fsp3) is 0.200. The third kappa shape index (κ3) is 2.06. The van der Waals surface area contributed by atoms with Crippen LogP contribution in [-0.4, -0.2) is 0 Å². The van der Waals surface area contributed by atoms with E-state index in [1.807, 2.05) is 0 Å². The Bertz CT molecular complexity index is 287. The van der Waals surface area contributed by atoms with E-state index >= 15 is 0 Å². The van der Waals surface area contributed by atoms with Crippen LogP contribution < -0.4 is 0 Å². The van der Waals surface area contributed by atoms with E-state index in [-0.39, 0.29) is 0 Å². The summed E-state index contributed by atoms with van der Waals surface area (Å²) < 4.78 is 1.11. The van der Waals surface area contributed by atoms with E-state index in [1.54, 1.807) is 0 Å². The molecule has 58 valence electrons. The molecule has 0 unspecified atom stereocenters. The molecule has 0 bridgehead atoms. The van der Waals surface area contributed by atoms with Crippen LogP contribution in [0.4, 0.5) is 0 Å². The van der Waals surface area contributed by atoms with E-state index in [9.17, 15) is 0 Å². The van der Waals surface area contributed by atoms with Gasteiger partial charge in [-0.25, -0.2) is 0 Å². The van der Waals surface area contributed by atoms with Crippen LogP contribution >= 0.6 is 22.6 Å². The lowest BCUT2D eigenvalue weighted by Gasteiger charge is -2.03. The van der Waals surface area contributed by atoms with Crippen molar-refractivity contribution >= 4 is 26.2 Å². The minimum absolute atomic E-state index is 1.11. The lowest BCUT2D eigenvalue weighted by Crippen LogP contribution is -1.83. The number of aryl methyl sites for hydroxylation is 2. The molecule has 0 aromatic heterocycles. The van der Waals surface area contributed by atoms with Gasteiger partial charge < -0.3 is 0 Å². The smallest absolute Gasteiger partial charge is 0.0133 e. The summed E-state index contributed by atoms with van der Waals surface area (Å²) in [6, 6.07) is 6.42. The van der Waals surface area contributed by atoms with Crippen LogP contribution in [0.2, 0.25) is 0 Å². The van der Waals surface area contributed by atoms with Gasteiger partial charge in [-0.2, -0.15) is 0 Å². The minimum atomic E-state index is 1.11. The average Bonchev–Trinajstić information content (AvgIpc) is 1.85. The van der Waals surface area contributed by atoms with Gasteiger partial charge in [-0.15, -0.1) is 0 Å². The number of benzene rings is 1. The fourth-order valence-corrected chi connectivity index (χ4v) is 1.72. The highest BCUT2D eigenvalue weighted by Gasteiger charge is 1.98. The van der Waals surface area contributed by atoms with Crippen molar-refractivity contribution in [3.05, 3.63) is 41.5 Å². The van der Waals surface area contributed by atoms with Crippen molar-refractivity contribution in [1.29, 1.82) is 0 Å². The molecular formula is C10H11I. The molecule has 0 fully saturated rings. The van der Waals surface area contributed by atoms with Gasteiger partial charge in [0, 0.05) is 3.58 Å². The molecule has 0 aliphatic rings. The Morgan fingerprint density at radius 2 is 2.00 bits per heavy atom. The summed E-state index contributed by atoms with van der Waals surface area (Å²) >= 11 is 2.25. The molecule has 0 heterocycles. The van der Waals surface area contributed by atoms with E-state index in [0.717, 1.165) is 3.58 Å². The Labute approximate surface area is 81.5 Å². The van der Waals surface area contributed by atoms with E-state index in [4.69, 9.17) is 0 Å². The molecule has 1 rings (SSSR count). The fourth-order valence-electron chi connectivity index (χ4n) is 1.12. The number of halogens is 1. The summed E-state index contributed by atoms with van der Waals surface area (Å²) in [6.45, 7) is 8.12. The van der Waals surface area contributed by atoms with Gasteiger partial charge >= 0.3 is 0 Å². The quantitative estimate of drug-likeness (QED) is 0.673. The van der Waals surface area contributed by atoms with Crippen molar-refractivity contribution in [1.82, 2.24) is 0 Å². The van der Waals surface area contributed by atoms with E-state index in [0.29, 0.717) is 0 Å². The van der Waals surface area contributed by atoms with Crippen LogP contribution in [0, 0.1) is 13.8 Å². The molecule has 0 aliphatic heterocycles. The normalized spacial score (nSPS) is 9.73. The Hall–Kier alpha value is -0.310. The van der Waals surface area contributed by atoms with E-state index in [1.165, 1.54) is 16.7 Å². The lowest BCUT2D eigenvalue weighted by molar-refractivity contribution is 1.37. The highest BCUT2D eigenvalue weighted by Crippen LogP contribution is 2.23. The highest BCUT2D eigenvalue weighted by molar-refractivity contribution is 14.1. The molecule has 1 heteroatoms. The molecule has 0 N–H and O–H groups in total. The van der Waals surface area contributed by atoms with Crippen LogP contribution in [0.15, 0.2) is 24.8 Å². The second-order valence-electron chi connectivity index (χ2n) is 2.72. The molecule has 0 radical (unpaired) electrons. The third-order valence-corrected chi connectivity index (χ3v) is 2.26. The van der Waals surface area contributed by atoms with Gasteiger partial charge in [0.25, 0.3) is 0 Å². The molecule has 0 aliphatic carbocycles. The Balaban J connectivity index is 3.20. The van der Waals surface area contributed by atoms with Crippen molar-refractivity contribution in [2.45, 2.75) is 13.8 Å². The van der Waals surface area contributed by atoms with E-state index in [2.05, 4.69) is 61.2 Å². The molecule has 0 nitrogen and oxygen atoms in total. The van der Waals surface area contributed by atoms with Crippen molar-refractivity contribution in [3.63, 3.8) is 0 Å². The zero-order valence-corrected chi connectivity index (χ0v) is 8.97. The van der Waals surface area contributed by atoms with Gasteiger partial charge in [0.05, 0.1) is 0 Å². The molecule has 1 aromatic rings. The minimum Gasteiger partial charge on any atom is -0.0850 e. The zero-order valence-electron chi connectivity index (χ0n) is 6.82. The molecule has 0 spiro atoms. The summed E-state index contributed by atoms with van der Waals surface area (Å²) in [5, 5.41) is 0. The molecule has 0 saturated carbocycles. The first-order valence-electron chi connectivity index (χ1n) is 3.53. The largest absolute Gasteiger partial charge is 0.0850 e. The molecule has 0 atom stereocenters. The van der Waals surface area contributed by atoms with Crippen LogP contribution in [0.1, 0.15) is 16.7 Å². The number of hydrogen-bond donors (Lipinski definition) is 0. The van der Waals surface area contributed by atoms with Crippen LogP contribution in [0.5, 0.6) is 0 Å². The maximum Gasteiger partial charge on any atom is 0.0133 e. The predicted molar refractivity (Wildman–Crippen MR) is 59.0 cm³/mol. The molecular weight excluding hydrogens is 247 g/mol. The van der Waals surface area contributed by atoms with Crippen LogP contribution in [0.3, 0.4) is 0 Å². The maximum absolute atomic E-state index is 3.90. The van der Waals surface area contributed by atoms with Crippen molar-refractivity contribution in [2.75, 3.05) is 0 Å². The summed E-state index contributed by atoms with van der Waals surface area (Å²) in [7, 11) is 0. The van der Waals surface area contributed by atoms with E-state index < -0.39 is 0 Å². The summed E-state index contributed by atoms with van der Waals surface area (Å²) in [4.78, 5) is 0. The van der Waals surface area contributed by atoms with Gasteiger partial charge in [0.1, 0.15) is 0 Å². The maximum atomic E-state index is 3.90. The summed E-state index contributed by atoms with van der Waals surface area (Å²) in [5.41, 5.74) is 3.88. The standard InChI is InChI=1S/C10H11I/c1-7-4-5-10(9(3)11)8(2)6-7/h4-6H,3H2,1-2H3. The van der Waals surface area contributed by atoms with Crippen LogP contribution in [0.25, 0.3) is 3.58 Å². The number of hydrogen-bond acceptors (Lipinski definition) is 0. The first-order chi connectivity index (χ1) is 5.11. The molecule has 11 heavy (non-hydrogen) atoms. The predicted octanol–water partition coefficient (Wildman–Crippen LogP) is 3.71. The average molecular weight is 258 g/mol. The Morgan fingerprint density at radius 1 is 1.36 bits per heavy atom. The molecule has 0 saturated heterocycles.